The fourth-order valence-electron chi connectivity index (χ4n) is 1.25. The van der Waals surface area contributed by atoms with E-state index in [0.717, 1.165) is 12.1 Å². The molecule has 0 aliphatic heterocycles. The topological polar surface area (TPSA) is 38.3 Å². The lowest BCUT2D eigenvalue weighted by Crippen LogP contribution is -2.04. The Balaban J connectivity index is 2.65. The molecule has 84 valence electrons. The molecule has 16 heavy (non-hydrogen) atoms. The van der Waals surface area contributed by atoms with E-state index in [4.69, 9.17) is 0 Å². The molecule has 0 radical (unpaired) electrons. The predicted octanol–water partition coefficient (Wildman–Crippen LogP) is 1.32. The van der Waals surface area contributed by atoms with Crippen molar-refractivity contribution >= 4 is 5.97 Å². The summed E-state index contributed by atoms with van der Waals surface area (Å²) < 4.78 is 4.50. The van der Waals surface area contributed by atoms with Crippen LogP contribution in [0, 0.1) is 11.8 Å². The molecule has 0 aliphatic carbocycles. The van der Waals surface area contributed by atoms with Gasteiger partial charge in [0.1, 0.15) is 6.42 Å². The fourth-order valence-corrected chi connectivity index (χ4v) is 1.25. The third-order valence-corrected chi connectivity index (χ3v) is 2.00. The quantitative estimate of drug-likeness (QED) is 0.613. The maximum absolute atomic E-state index is 10.8. The van der Waals surface area contributed by atoms with Gasteiger partial charge >= 0.3 is 5.97 Å². The van der Waals surface area contributed by atoms with E-state index in [1.807, 2.05) is 31.3 Å². The minimum absolute atomic E-state index is 0.132. The number of rotatable bonds is 3. The Kier molecular flexibility index (Phi) is 5.10. The van der Waals surface area contributed by atoms with Gasteiger partial charge in [0.05, 0.1) is 7.11 Å². The van der Waals surface area contributed by atoms with Crippen molar-refractivity contribution in [1.82, 2.24) is 5.32 Å². The second-order valence-corrected chi connectivity index (χ2v) is 3.29. The molecule has 0 saturated carbocycles. The van der Waals surface area contributed by atoms with E-state index in [-0.39, 0.29) is 12.4 Å². The summed E-state index contributed by atoms with van der Waals surface area (Å²) in [6.07, 6.45) is 0.132. The molecule has 0 spiro atoms. The lowest BCUT2D eigenvalue weighted by molar-refractivity contribution is -0.139. The SMILES string of the molecule is CNCc1cccc(C#CCC(=O)OC)c1. The molecule has 0 atom stereocenters. The molecule has 0 aromatic heterocycles. The first-order chi connectivity index (χ1) is 7.76. The van der Waals surface area contributed by atoms with Crippen LogP contribution in [0.25, 0.3) is 0 Å². The smallest absolute Gasteiger partial charge is 0.317 e. The van der Waals surface area contributed by atoms with Crippen molar-refractivity contribution in [1.29, 1.82) is 0 Å². The molecule has 0 aliphatic rings. The van der Waals surface area contributed by atoms with Crippen LogP contribution in [0.4, 0.5) is 0 Å². The average molecular weight is 217 g/mol. The monoisotopic (exact) mass is 217 g/mol. The van der Waals surface area contributed by atoms with Crippen molar-refractivity contribution in [2.24, 2.45) is 0 Å². The lowest BCUT2D eigenvalue weighted by Gasteiger charge is -1.99. The van der Waals surface area contributed by atoms with E-state index in [1.165, 1.54) is 12.7 Å². The van der Waals surface area contributed by atoms with Gasteiger partial charge in [-0.3, -0.25) is 4.79 Å². The minimum Gasteiger partial charge on any atom is -0.468 e. The van der Waals surface area contributed by atoms with Gasteiger partial charge in [-0.15, -0.1) is 0 Å². The molecular weight excluding hydrogens is 202 g/mol. The molecule has 1 aromatic carbocycles. The zero-order valence-electron chi connectivity index (χ0n) is 9.54. The van der Waals surface area contributed by atoms with Crippen LogP contribution >= 0.6 is 0 Å². The maximum Gasteiger partial charge on any atom is 0.317 e. The number of nitrogens with one attached hydrogen (secondary N) is 1. The zero-order valence-corrected chi connectivity index (χ0v) is 9.54. The molecule has 3 heteroatoms. The highest BCUT2D eigenvalue weighted by Crippen LogP contribution is 2.03. The van der Waals surface area contributed by atoms with Gasteiger partial charge in [0.15, 0.2) is 0 Å². The van der Waals surface area contributed by atoms with Crippen LogP contribution < -0.4 is 5.32 Å². The first-order valence-electron chi connectivity index (χ1n) is 5.05. The minimum atomic E-state index is -0.307. The van der Waals surface area contributed by atoms with Gasteiger partial charge < -0.3 is 10.1 Å². The predicted molar refractivity (Wildman–Crippen MR) is 62.7 cm³/mol. The van der Waals surface area contributed by atoms with Crippen LogP contribution in [-0.4, -0.2) is 20.1 Å². The van der Waals surface area contributed by atoms with Crippen LogP contribution in [0.15, 0.2) is 24.3 Å². The van der Waals surface area contributed by atoms with E-state index < -0.39 is 0 Å². The number of hydrogen-bond acceptors (Lipinski definition) is 3. The second kappa shape index (κ2) is 6.65. The average Bonchev–Trinajstić information content (AvgIpc) is 2.30. The van der Waals surface area contributed by atoms with E-state index in [2.05, 4.69) is 21.9 Å². The van der Waals surface area contributed by atoms with Gasteiger partial charge in [-0.25, -0.2) is 0 Å². The van der Waals surface area contributed by atoms with Crippen molar-refractivity contribution in [3.8, 4) is 11.8 Å². The Labute approximate surface area is 95.8 Å². The van der Waals surface area contributed by atoms with Crippen LogP contribution in [-0.2, 0) is 16.1 Å². The van der Waals surface area contributed by atoms with Crippen LogP contribution in [0.5, 0.6) is 0 Å². The number of esters is 1. The van der Waals surface area contributed by atoms with Crippen molar-refractivity contribution in [3.63, 3.8) is 0 Å². The summed E-state index contributed by atoms with van der Waals surface area (Å²) in [5, 5.41) is 3.07. The van der Waals surface area contributed by atoms with Gasteiger partial charge in [-0.05, 0) is 24.7 Å². The molecule has 0 unspecified atom stereocenters. The standard InChI is InChI=1S/C13H15NO2/c1-14-10-12-7-3-5-11(9-12)6-4-8-13(15)16-2/h3,5,7,9,14H,8,10H2,1-2H3. The van der Waals surface area contributed by atoms with Crippen LogP contribution in [0.3, 0.4) is 0 Å². The highest BCUT2D eigenvalue weighted by molar-refractivity contribution is 5.72. The normalized spacial score (nSPS) is 9.12. The van der Waals surface area contributed by atoms with Gasteiger partial charge in [0.2, 0.25) is 0 Å². The summed E-state index contributed by atoms with van der Waals surface area (Å²) in [6, 6.07) is 7.90. The maximum atomic E-state index is 10.8. The molecule has 1 aromatic rings. The van der Waals surface area contributed by atoms with Crippen LogP contribution in [0.2, 0.25) is 0 Å². The number of carbonyl (C=O) groups is 1. The Bertz CT molecular complexity index is 415. The zero-order chi connectivity index (χ0) is 11.8. The van der Waals surface area contributed by atoms with Crippen molar-refractivity contribution in [2.45, 2.75) is 13.0 Å². The van der Waals surface area contributed by atoms with Crippen molar-refractivity contribution in [3.05, 3.63) is 35.4 Å². The Morgan fingerprint density at radius 2 is 2.31 bits per heavy atom. The van der Waals surface area contributed by atoms with E-state index in [9.17, 15) is 4.79 Å². The van der Waals surface area contributed by atoms with E-state index >= 15 is 0 Å². The largest absolute Gasteiger partial charge is 0.468 e. The van der Waals surface area contributed by atoms with Crippen molar-refractivity contribution in [2.75, 3.05) is 14.2 Å². The van der Waals surface area contributed by atoms with Gasteiger partial charge in [0.25, 0.3) is 0 Å². The van der Waals surface area contributed by atoms with Crippen LogP contribution in [0.1, 0.15) is 17.5 Å². The molecule has 0 heterocycles. The highest BCUT2D eigenvalue weighted by atomic mass is 16.5. The van der Waals surface area contributed by atoms with Gasteiger partial charge in [-0.1, -0.05) is 24.0 Å². The van der Waals surface area contributed by atoms with E-state index in [1.54, 1.807) is 0 Å². The second-order valence-electron chi connectivity index (χ2n) is 3.29. The highest BCUT2D eigenvalue weighted by Gasteiger charge is 1.94. The van der Waals surface area contributed by atoms with E-state index in [0.29, 0.717) is 0 Å². The molecular formula is C13H15NO2. The molecule has 0 bridgehead atoms. The molecule has 0 fully saturated rings. The summed E-state index contributed by atoms with van der Waals surface area (Å²) in [7, 11) is 3.26. The molecule has 1 N–H and O–H groups in total. The third-order valence-electron chi connectivity index (χ3n) is 2.00. The first-order valence-corrected chi connectivity index (χ1v) is 5.05. The third kappa shape index (κ3) is 4.16. The molecule has 1 rings (SSSR count). The number of ether oxygens (including phenoxy) is 1. The Morgan fingerprint density at radius 1 is 1.50 bits per heavy atom. The van der Waals surface area contributed by atoms with Crippen molar-refractivity contribution < 1.29 is 9.53 Å². The summed E-state index contributed by atoms with van der Waals surface area (Å²) >= 11 is 0. The molecule has 3 nitrogen and oxygen atoms in total. The summed E-state index contributed by atoms with van der Waals surface area (Å²) in [5.74, 6) is 5.40. The number of carbonyl (C=O) groups excluding carboxylic acids is 1. The van der Waals surface area contributed by atoms with Gasteiger partial charge in [0, 0.05) is 12.1 Å². The van der Waals surface area contributed by atoms with Gasteiger partial charge in [-0.2, -0.15) is 0 Å². The molecule has 0 amide bonds. The first kappa shape index (κ1) is 12.3. The number of hydrogen-bond donors (Lipinski definition) is 1. The summed E-state index contributed by atoms with van der Waals surface area (Å²) in [6.45, 7) is 0.812. The fraction of sp³-hybridized carbons (Fsp3) is 0.308. The molecule has 0 saturated heterocycles. The summed E-state index contributed by atoms with van der Waals surface area (Å²) in [5.41, 5.74) is 2.09. The number of methoxy groups -OCH3 is 1. The Hall–Kier alpha value is -1.79. The lowest BCUT2D eigenvalue weighted by atomic mass is 10.1. The number of benzene rings is 1. The summed E-state index contributed by atoms with van der Waals surface area (Å²) in [4.78, 5) is 10.8. The Morgan fingerprint density at radius 3 is 3.00 bits per heavy atom.